The Morgan fingerprint density at radius 2 is 0.273 bits per heavy atom. The van der Waals surface area contributed by atoms with Crippen LogP contribution in [0.25, 0.3) is 134 Å². The van der Waals surface area contributed by atoms with Gasteiger partial charge in [0.15, 0.2) is 0 Å². The van der Waals surface area contributed by atoms with E-state index >= 15 is 0 Å². The van der Waals surface area contributed by atoms with Crippen LogP contribution in [0.2, 0.25) is 0 Å². The molecule has 432 valence electrons. The van der Waals surface area contributed by atoms with Gasteiger partial charge in [-0.05, 0) is 226 Å². The Balaban J connectivity index is 1.17. The Labute approximate surface area is 524 Å². The van der Waals surface area contributed by atoms with E-state index in [9.17, 15) is 0 Å². The van der Waals surface area contributed by atoms with Crippen molar-refractivity contribution in [3.63, 3.8) is 0 Å². The van der Waals surface area contributed by atoms with Crippen molar-refractivity contribution >= 4 is 0 Å². The molecule has 13 rings (SSSR count). The minimum absolute atomic E-state index is 0.221. The van der Waals surface area contributed by atoms with E-state index in [2.05, 4.69) is 350 Å². The summed E-state index contributed by atoms with van der Waals surface area (Å²) in [4.78, 5) is 0. The minimum atomic E-state index is -0.221. The van der Waals surface area contributed by atoms with Gasteiger partial charge in [0.25, 0.3) is 0 Å². The number of hydrogen-bond acceptors (Lipinski definition) is 0. The lowest BCUT2D eigenvalue weighted by Gasteiger charge is -2.34. The highest BCUT2D eigenvalue weighted by Gasteiger charge is 2.34. The molecule has 0 atom stereocenters. The molecule has 0 N–H and O–H groups in total. The average Bonchev–Trinajstić information content (AvgIpc) is 0.735. The van der Waals surface area contributed by atoms with Gasteiger partial charge in [0.05, 0.1) is 0 Å². The number of hydrogen-bond donors (Lipinski definition) is 0. The fraction of sp³-hybridized carbons (Fsp3) is 0.182. The highest BCUT2D eigenvalue weighted by Crippen LogP contribution is 2.56. The molecular formula is C88H80. The van der Waals surface area contributed by atoms with E-state index in [1.54, 1.807) is 0 Å². The van der Waals surface area contributed by atoms with Gasteiger partial charge in [-0.15, -0.1) is 0 Å². The zero-order chi connectivity index (χ0) is 61.3. The van der Waals surface area contributed by atoms with Crippen LogP contribution >= 0.6 is 0 Å². The van der Waals surface area contributed by atoms with Crippen molar-refractivity contribution in [3.05, 3.63) is 289 Å². The van der Waals surface area contributed by atoms with Crippen LogP contribution in [-0.4, -0.2) is 0 Å². The zero-order valence-electron chi connectivity index (χ0n) is 53.4. The zero-order valence-corrected chi connectivity index (χ0v) is 53.4. The Bertz CT molecular complexity index is 3920. The average molecular weight is 1140 g/mol. The van der Waals surface area contributed by atoms with Crippen LogP contribution in [0.4, 0.5) is 0 Å². The lowest BCUT2D eigenvalue weighted by atomic mass is 9.70. The topological polar surface area (TPSA) is 0 Å². The second-order valence-electron chi connectivity index (χ2n) is 28.5. The summed E-state index contributed by atoms with van der Waals surface area (Å²) in [7, 11) is 0. The standard InChI is InChI=1S/C88H80/c1-85(2,3)81-53-77-73(49-69(81)65-41-33-61(34-42-65)57-25-17-13-18-26-57)74-50-70(66-43-35-62(36-44-66)58-27-19-14-20-28-58)83(87(7,8)9)55-79(74)80-56-84(88(10,11)12)72(68-47-39-64(40-48-68)60-31-23-16-24-32-60)52-76(80)75-51-71(82(54-78(75)77)86(4,5)6)67-45-37-63(38-46-67)59-29-21-15-22-30-59/h13-56H,1-12H3. The molecule has 1 aliphatic carbocycles. The molecule has 0 bridgehead atoms. The summed E-state index contributed by atoms with van der Waals surface area (Å²) < 4.78 is 0. The van der Waals surface area contributed by atoms with Crippen molar-refractivity contribution < 1.29 is 0 Å². The first kappa shape index (κ1) is 57.7. The van der Waals surface area contributed by atoms with Gasteiger partial charge >= 0.3 is 0 Å². The molecule has 1 aliphatic rings. The van der Waals surface area contributed by atoms with E-state index in [4.69, 9.17) is 0 Å². The summed E-state index contributed by atoms with van der Waals surface area (Å²) in [6.45, 7) is 28.7. The Morgan fingerprint density at radius 3 is 0.432 bits per heavy atom. The fourth-order valence-corrected chi connectivity index (χ4v) is 13.5. The molecule has 88 heavy (non-hydrogen) atoms. The molecule has 0 radical (unpaired) electrons. The third-order valence-electron chi connectivity index (χ3n) is 18.2. The maximum Gasteiger partial charge on any atom is -0.00923 e. The molecule has 0 heteroatoms. The lowest BCUT2D eigenvalue weighted by Crippen LogP contribution is -2.17. The number of rotatable bonds is 8. The van der Waals surface area contributed by atoms with Gasteiger partial charge in [0.1, 0.15) is 0 Å². The summed E-state index contributed by atoms with van der Waals surface area (Å²) >= 11 is 0. The number of benzene rings is 12. The highest BCUT2D eigenvalue weighted by atomic mass is 14.4. The summed E-state index contributed by atoms with van der Waals surface area (Å²) in [5.74, 6) is 0. The van der Waals surface area contributed by atoms with Crippen molar-refractivity contribution in [1.29, 1.82) is 0 Å². The van der Waals surface area contributed by atoms with E-state index < -0.39 is 0 Å². The lowest BCUT2D eigenvalue weighted by molar-refractivity contribution is 0.591. The summed E-state index contributed by atoms with van der Waals surface area (Å²) in [6, 6.07) is 101. The molecule has 0 nitrogen and oxygen atoms in total. The minimum Gasteiger partial charge on any atom is -0.0622 e. The Kier molecular flexibility index (Phi) is 14.7. The van der Waals surface area contributed by atoms with Gasteiger partial charge in [-0.2, -0.15) is 0 Å². The second kappa shape index (κ2) is 22.4. The van der Waals surface area contributed by atoms with Gasteiger partial charge in [0.2, 0.25) is 0 Å². The van der Waals surface area contributed by atoms with Crippen molar-refractivity contribution in [3.8, 4) is 134 Å². The molecule has 0 heterocycles. The van der Waals surface area contributed by atoms with Gasteiger partial charge in [0, 0.05) is 0 Å². The first-order chi connectivity index (χ1) is 42.2. The van der Waals surface area contributed by atoms with E-state index in [1.807, 2.05) is 0 Å². The summed E-state index contributed by atoms with van der Waals surface area (Å²) in [5, 5.41) is 0. The van der Waals surface area contributed by atoms with Gasteiger partial charge in [-0.3, -0.25) is 0 Å². The molecule has 0 spiro atoms. The van der Waals surface area contributed by atoms with Crippen LogP contribution in [0.15, 0.2) is 267 Å². The predicted molar refractivity (Wildman–Crippen MR) is 380 cm³/mol. The molecule has 0 saturated heterocycles. The fourth-order valence-electron chi connectivity index (χ4n) is 13.5. The molecule has 0 fully saturated rings. The first-order valence-corrected chi connectivity index (χ1v) is 31.5. The smallest absolute Gasteiger partial charge is 0.00923 e. The molecule has 12 aromatic rings. The third kappa shape index (κ3) is 11.1. The van der Waals surface area contributed by atoms with Crippen LogP contribution in [0.5, 0.6) is 0 Å². The van der Waals surface area contributed by atoms with E-state index in [0.717, 1.165) is 0 Å². The summed E-state index contributed by atoms with van der Waals surface area (Å²) in [5.41, 5.74) is 33.9. The molecule has 0 unspecified atom stereocenters. The summed E-state index contributed by atoms with van der Waals surface area (Å²) in [6.07, 6.45) is 0. The maximum absolute atomic E-state index is 2.60. The monoisotopic (exact) mass is 1140 g/mol. The van der Waals surface area contributed by atoms with Crippen molar-refractivity contribution in [1.82, 2.24) is 0 Å². The normalized spacial score (nSPS) is 12.3. The van der Waals surface area contributed by atoms with Crippen LogP contribution in [-0.2, 0) is 21.7 Å². The van der Waals surface area contributed by atoms with Gasteiger partial charge < -0.3 is 0 Å². The molecule has 0 aliphatic heterocycles. The van der Waals surface area contributed by atoms with Crippen molar-refractivity contribution in [2.24, 2.45) is 0 Å². The SMILES string of the molecule is CC(C)(C)c1cc2c(cc1-c1ccc(-c3ccccc3)cc1)-c1cc(-c3ccc(-c4ccccc4)cc3)c(C(C)(C)C)cc1-c1cc(C(C)(C)C)c(-c3ccc(-c4ccccc4)cc3)cc1-c1cc(-c3ccc(-c4ccccc4)cc3)c(C(C)(C)C)cc1-2. The van der Waals surface area contributed by atoms with Gasteiger partial charge in [-0.25, -0.2) is 0 Å². The third-order valence-corrected chi connectivity index (χ3v) is 18.2. The molecule has 12 aromatic carbocycles. The van der Waals surface area contributed by atoms with Crippen LogP contribution in [0.3, 0.4) is 0 Å². The highest BCUT2D eigenvalue weighted by molar-refractivity contribution is 6.08. The maximum atomic E-state index is 2.60. The van der Waals surface area contributed by atoms with Gasteiger partial charge in [-0.1, -0.05) is 301 Å². The molecular weight excluding hydrogens is 1060 g/mol. The van der Waals surface area contributed by atoms with Crippen molar-refractivity contribution in [2.75, 3.05) is 0 Å². The number of fused-ring (bicyclic) bond motifs is 8. The largest absolute Gasteiger partial charge is 0.0622 e. The molecule has 0 amide bonds. The quantitative estimate of drug-likeness (QED) is 0.142. The van der Waals surface area contributed by atoms with Crippen LogP contribution in [0.1, 0.15) is 105 Å². The predicted octanol–water partition coefficient (Wildman–Crippen LogP) is 25.2. The van der Waals surface area contributed by atoms with Crippen molar-refractivity contribution in [2.45, 2.75) is 105 Å². The van der Waals surface area contributed by atoms with Crippen LogP contribution in [0, 0.1) is 0 Å². The molecule has 0 saturated carbocycles. The molecule has 0 aromatic heterocycles. The van der Waals surface area contributed by atoms with E-state index in [-0.39, 0.29) is 21.7 Å². The Morgan fingerprint density at radius 1 is 0.136 bits per heavy atom. The first-order valence-electron chi connectivity index (χ1n) is 31.5. The van der Waals surface area contributed by atoms with Crippen LogP contribution < -0.4 is 0 Å². The van der Waals surface area contributed by atoms with E-state index in [0.29, 0.717) is 0 Å². The Hall–Kier alpha value is -9.36. The second-order valence-corrected chi connectivity index (χ2v) is 28.5. The van der Waals surface area contributed by atoms with E-state index in [1.165, 1.54) is 156 Å².